The molecule has 10 nitrogen and oxygen atoms in total. The number of aryl methyl sites for hydroxylation is 1. The van der Waals surface area contributed by atoms with E-state index in [0.29, 0.717) is 33.9 Å². The molecule has 5 aromatic rings. The molecule has 0 radical (unpaired) electrons. The van der Waals surface area contributed by atoms with Crippen LogP contribution in [0, 0.1) is 6.92 Å². The Kier molecular flexibility index (Phi) is 6.68. The summed E-state index contributed by atoms with van der Waals surface area (Å²) in [6.07, 6.45) is 4.80. The predicted molar refractivity (Wildman–Crippen MR) is 145 cm³/mol. The van der Waals surface area contributed by atoms with E-state index in [2.05, 4.69) is 30.8 Å². The summed E-state index contributed by atoms with van der Waals surface area (Å²) in [6, 6.07) is 18.2. The Morgan fingerprint density at radius 2 is 1.76 bits per heavy atom. The van der Waals surface area contributed by atoms with Crippen molar-refractivity contribution in [3.05, 3.63) is 90.5 Å². The summed E-state index contributed by atoms with van der Waals surface area (Å²) in [4.78, 5) is 35.0. The van der Waals surface area contributed by atoms with Crippen molar-refractivity contribution in [1.29, 1.82) is 0 Å². The number of benzene rings is 2. The molecule has 0 aliphatic carbocycles. The van der Waals surface area contributed by atoms with Gasteiger partial charge in [0.1, 0.15) is 5.75 Å². The van der Waals surface area contributed by atoms with E-state index < -0.39 is 0 Å². The highest BCUT2D eigenvalue weighted by atomic mass is 16.5. The molecule has 0 bridgehead atoms. The first-order chi connectivity index (χ1) is 18.4. The quantitative estimate of drug-likeness (QED) is 0.280. The number of carbonyl (C=O) groups excluding carboxylic acids is 2. The number of ether oxygens (including phenoxy) is 1. The number of fused-ring (bicyclic) bond motifs is 1. The van der Waals surface area contributed by atoms with E-state index in [0.717, 1.165) is 16.7 Å². The van der Waals surface area contributed by atoms with Crippen LogP contribution in [0.5, 0.6) is 11.6 Å². The molecule has 3 amide bonds. The molecular formula is C28H25N7O3. The summed E-state index contributed by atoms with van der Waals surface area (Å²) >= 11 is 0. The molecule has 5 rings (SSSR count). The second-order valence-electron chi connectivity index (χ2n) is 8.88. The van der Waals surface area contributed by atoms with E-state index in [9.17, 15) is 9.59 Å². The molecule has 3 heterocycles. The van der Waals surface area contributed by atoms with Gasteiger partial charge < -0.3 is 20.3 Å². The average molecular weight is 508 g/mol. The van der Waals surface area contributed by atoms with Crippen molar-refractivity contribution < 1.29 is 14.3 Å². The van der Waals surface area contributed by atoms with Gasteiger partial charge >= 0.3 is 6.03 Å². The van der Waals surface area contributed by atoms with E-state index in [1.54, 1.807) is 38.6 Å². The molecule has 38 heavy (non-hydrogen) atoms. The molecule has 2 aromatic carbocycles. The fraction of sp³-hybridized carbons (Fsp3) is 0.107. The van der Waals surface area contributed by atoms with Crippen molar-refractivity contribution in [2.45, 2.75) is 6.92 Å². The lowest BCUT2D eigenvalue weighted by Gasteiger charge is -2.12. The minimum absolute atomic E-state index is 0.243. The van der Waals surface area contributed by atoms with Gasteiger partial charge in [-0.15, -0.1) is 0 Å². The minimum atomic E-state index is -0.382. The number of hydrogen-bond acceptors (Lipinski definition) is 6. The minimum Gasteiger partial charge on any atom is -0.439 e. The first-order valence-electron chi connectivity index (χ1n) is 11.8. The van der Waals surface area contributed by atoms with Crippen LogP contribution in [0.1, 0.15) is 16.1 Å². The largest absolute Gasteiger partial charge is 0.439 e. The number of nitrogens with zero attached hydrogens (tertiary/aromatic N) is 4. The number of aromatic nitrogens is 4. The zero-order valence-electron chi connectivity index (χ0n) is 21.0. The third kappa shape index (κ3) is 5.44. The Morgan fingerprint density at radius 1 is 0.895 bits per heavy atom. The zero-order chi connectivity index (χ0) is 26.6. The Morgan fingerprint density at radius 3 is 2.53 bits per heavy atom. The number of urea groups is 1. The van der Waals surface area contributed by atoms with Crippen LogP contribution < -0.4 is 15.4 Å². The van der Waals surface area contributed by atoms with Crippen LogP contribution in [0.4, 0.5) is 16.2 Å². The fourth-order valence-corrected chi connectivity index (χ4v) is 3.77. The number of carbonyl (C=O) groups is 2. The monoisotopic (exact) mass is 507 g/mol. The molecule has 0 spiro atoms. The summed E-state index contributed by atoms with van der Waals surface area (Å²) < 4.78 is 5.77. The van der Waals surface area contributed by atoms with Gasteiger partial charge in [0.2, 0.25) is 5.88 Å². The van der Waals surface area contributed by atoms with Crippen molar-refractivity contribution in [3.63, 3.8) is 0 Å². The van der Waals surface area contributed by atoms with Gasteiger partial charge in [-0.25, -0.2) is 9.78 Å². The molecule has 3 N–H and O–H groups in total. The third-order valence-electron chi connectivity index (χ3n) is 5.71. The van der Waals surface area contributed by atoms with Gasteiger partial charge in [0, 0.05) is 37.3 Å². The lowest BCUT2D eigenvalue weighted by molar-refractivity contribution is 0.102. The van der Waals surface area contributed by atoms with Crippen LogP contribution in [0.25, 0.3) is 22.0 Å². The lowest BCUT2D eigenvalue weighted by Crippen LogP contribution is -2.27. The van der Waals surface area contributed by atoms with Crippen molar-refractivity contribution in [2.75, 3.05) is 24.7 Å². The van der Waals surface area contributed by atoms with E-state index in [1.165, 1.54) is 11.1 Å². The normalized spacial score (nSPS) is 10.7. The van der Waals surface area contributed by atoms with E-state index in [-0.39, 0.29) is 17.6 Å². The predicted octanol–water partition coefficient (Wildman–Crippen LogP) is 5.47. The van der Waals surface area contributed by atoms with Crippen molar-refractivity contribution in [3.8, 4) is 22.8 Å². The second-order valence-corrected chi connectivity index (χ2v) is 8.88. The number of rotatable bonds is 6. The molecule has 0 atom stereocenters. The molecular weight excluding hydrogens is 482 g/mol. The standard InChI is InChI=1S/C28H25N7O3/c1-17-5-4-6-22(11-17)38-25-10-8-20(16-30-25)31-27(36)26-23-13-18(7-9-24(23)33-34-26)19-12-21(15-29-14-19)32-28(37)35(2)3/h4-16H,1-3H3,(H,31,36)(H,32,37)(H,33,34). The number of aromatic amines is 1. The Hall–Kier alpha value is -5.25. The van der Waals surface area contributed by atoms with Crippen molar-refractivity contribution >= 4 is 34.2 Å². The van der Waals surface area contributed by atoms with Crippen LogP contribution in [0.3, 0.4) is 0 Å². The molecule has 3 aromatic heterocycles. The Balaban J connectivity index is 1.33. The summed E-state index contributed by atoms with van der Waals surface area (Å²) in [5.74, 6) is 0.725. The third-order valence-corrected chi connectivity index (χ3v) is 5.71. The molecule has 0 fully saturated rings. The average Bonchev–Trinajstić information content (AvgIpc) is 3.33. The Bertz CT molecular complexity index is 1630. The summed E-state index contributed by atoms with van der Waals surface area (Å²) in [5.41, 5.74) is 4.71. The molecule has 10 heteroatoms. The maximum Gasteiger partial charge on any atom is 0.321 e. The van der Waals surface area contributed by atoms with Gasteiger partial charge in [0.25, 0.3) is 5.91 Å². The van der Waals surface area contributed by atoms with Crippen molar-refractivity contribution in [2.24, 2.45) is 0 Å². The fourth-order valence-electron chi connectivity index (χ4n) is 3.77. The van der Waals surface area contributed by atoms with Gasteiger partial charge in [-0.3, -0.25) is 14.9 Å². The first-order valence-corrected chi connectivity index (χ1v) is 11.8. The number of amides is 3. The van der Waals surface area contributed by atoms with E-state index in [1.807, 2.05) is 55.5 Å². The topological polar surface area (TPSA) is 125 Å². The molecule has 0 saturated carbocycles. The summed E-state index contributed by atoms with van der Waals surface area (Å²) in [7, 11) is 3.32. The highest BCUT2D eigenvalue weighted by molar-refractivity contribution is 6.11. The maximum atomic E-state index is 13.1. The van der Waals surface area contributed by atoms with Crippen LogP contribution >= 0.6 is 0 Å². The second kappa shape index (κ2) is 10.4. The molecule has 190 valence electrons. The highest BCUT2D eigenvalue weighted by Crippen LogP contribution is 2.27. The molecule has 0 aliphatic rings. The van der Waals surface area contributed by atoms with Gasteiger partial charge in [-0.05, 0) is 54.4 Å². The number of hydrogen-bond donors (Lipinski definition) is 3. The number of pyridine rings is 2. The number of H-pyrrole nitrogens is 1. The SMILES string of the molecule is Cc1cccc(Oc2ccc(NC(=O)c3n[nH]c4ccc(-c5cncc(NC(=O)N(C)C)c5)cc34)cn2)c1. The van der Waals surface area contributed by atoms with Crippen LogP contribution in [0.15, 0.2) is 79.3 Å². The maximum absolute atomic E-state index is 13.1. The highest BCUT2D eigenvalue weighted by Gasteiger charge is 2.16. The number of nitrogens with one attached hydrogen (secondary N) is 3. The summed E-state index contributed by atoms with van der Waals surface area (Å²) in [6.45, 7) is 1.99. The van der Waals surface area contributed by atoms with Gasteiger partial charge in [0.15, 0.2) is 5.69 Å². The van der Waals surface area contributed by atoms with Crippen molar-refractivity contribution in [1.82, 2.24) is 25.1 Å². The smallest absolute Gasteiger partial charge is 0.321 e. The van der Waals surface area contributed by atoms with Crippen LogP contribution in [-0.2, 0) is 0 Å². The van der Waals surface area contributed by atoms with Gasteiger partial charge in [0.05, 0.1) is 29.3 Å². The molecule has 0 aliphatic heterocycles. The van der Waals surface area contributed by atoms with E-state index in [4.69, 9.17) is 4.74 Å². The number of anilines is 2. The van der Waals surface area contributed by atoms with Gasteiger partial charge in [-0.2, -0.15) is 5.10 Å². The first kappa shape index (κ1) is 24.4. The van der Waals surface area contributed by atoms with Gasteiger partial charge in [-0.1, -0.05) is 18.2 Å². The van der Waals surface area contributed by atoms with Crippen LogP contribution in [-0.4, -0.2) is 51.1 Å². The molecule has 0 saturated heterocycles. The lowest BCUT2D eigenvalue weighted by atomic mass is 10.0. The summed E-state index contributed by atoms with van der Waals surface area (Å²) in [5, 5.41) is 13.4. The zero-order valence-corrected chi connectivity index (χ0v) is 21.0. The van der Waals surface area contributed by atoms with Crippen LogP contribution in [0.2, 0.25) is 0 Å². The Labute approximate surface area is 218 Å². The molecule has 0 unspecified atom stereocenters. The van der Waals surface area contributed by atoms with E-state index >= 15 is 0 Å².